The monoisotopic (exact) mass is 252 g/mol. The molecule has 0 fully saturated rings. The lowest BCUT2D eigenvalue weighted by atomic mass is 10.2. The van der Waals surface area contributed by atoms with Crippen LogP contribution in [-0.4, -0.2) is 22.7 Å². The molecule has 0 aliphatic carbocycles. The second-order valence-electron chi connectivity index (χ2n) is 4.32. The van der Waals surface area contributed by atoms with Gasteiger partial charge in [-0.1, -0.05) is 17.7 Å². The van der Waals surface area contributed by atoms with Crippen molar-refractivity contribution in [3.63, 3.8) is 0 Å². The molecule has 4 heteroatoms. The summed E-state index contributed by atoms with van der Waals surface area (Å²) >= 11 is 5.93. The Morgan fingerprint density at radius 3 is 3.06 bits per heavy atom. The van der Waals surface area contributed by atoms with Gasteiger partial charge in [0.1, 0.15) is 0 Å². The normalized spacial score (nSPS) is 13.1. The number of rotatable bonds is 5. The Morgan fingerprint density at radius 1 is 1.47 bits per heavy atom. The Hall–Kier alpha value is -1.03. The summed E-state index contributed by atoms with van der Waals surface area (Å²) in [5, 5.41) is 14.4. The Kier molecular flexibility index (Phi) is 4.05. The van der Waals surface area contributed by atoms with E-state index in [0.29, 0.717) is 0 Å². The molecule has 2 aromatic rings. The minimum Gasteiger partial charge on any atom is -0.393 e. The third-order valence-electron chi connectivity index (χ3n) is 2.78. The van der Waals surface area contributed by atoms with Crippen LogP contribution in [0.5, 0.6) is 0 Å². The van der Waals surface area contributed by atoms with Crippen molar-refractivity contribution in [2.24, 2.45) is 0 Å². The predicted octanol–water partition coefficient (Wildman–Crippen LogP) is 2.68. The van der Waals surface area contributed by atoms with E-state index in [2.05, 4.69) is 10.3 Å². The molecule has 3 N–H and O–H groups in total. The van der Waals surface area contributed by atoms with Gasteiger partial charge in [0.25, 0.3) is 0 Å². The highest BCUT2D eigenvalue weighted by Gasteiger charge is 2.03. The van der Waals surface area contributed by atoms with E-state index in [1.54, 1.807) is 6.92 Å². The third-order valence-corrected chi connectivity index (χ3v) is 3.02. The number of hydrogen-bond acceptors (Lipinski definition) is 2. The maximum atomic E-state index is 9.15. The highest BCUT2D eigenvalue weighted by molar-refractivity contribution is 6.31. The van der Waals surface area contributed by atoms with Crippen molar-refractivity contribution in [3.8, 4) is 0 Å². The molecule has 0 amide bonds. The van der Waals surface area contributed by atoms with E-state index >= 15 is 0 Å². The van der Waals surface area contributed by atoms with Crippen LogP contribution in [0.2, 0.25) is 5.02 Å². The Balaban J connectivity index is 1.99. The summed E-state index contributed by atoms with van der Waals surface area (Å²) in [5.74, 6) is 0. The van der Waals surface area contributed by atoms with E-state index in [9.17, 15) is 0 Å². The fourth-order valence-corrected chi connectivity index (χ4v) is 2.01. The molecule has 92 valence electrons. The first-order valence-corrected chi connectivity index (χ1v) is 6.19. The molecule has 0 saturated carbocycles. The van der Waals surface area contributed by atoms with E-state index in [4.69, 9.17) is 16.7 Å². The van der Waals surface area contributed by atoms with E-state index in [1.165, 1.54) is 10.9 Å². The minimum absolute atomic E-state index is 0.246. The summed E-state index contributed by atoms with van der Waals surface area (Å²) < 4.78 is 0. The van der Waals surface area contributed by atoms with Gasteiger partial charge in [0.15, 0.2) is 0 Å². The lowest BCUT2D eigenvalue weighted by molar-refractivity contribution is 0.183. The van der Waals surface area contributed by atoms with Crippen LogP contribution >= 0.6 is 11.6 Å². The van der Waals surface area contributed by atoms with Gasteiger partial charge in [-0.05, 0) is 37.6 Å². The molecular formula is C13H17ClN2O. The van der Waals surface area contributed by atoms with Gasteiger partial charge in [-0.2, -0.15) is 0 Å². The molecule has 1 aromatic heterocycles. The lowest BCUT2D eigenvalue weighted by Crippen LogP contribution is -2.18. The first-order chi connectivity index (χ1) is 8.16. The second-order valence-corrected chi connectivity index (χ2v) is 4.75. The van der Waals surface area contributed by atoms with Crippen LogP contribution in [-0.2, 0) is 6.54 Å². The van der Waals surface area contributed by atoms with Gasteiger partial charge in [0, 0.05) is 28.7 Å². The number of H-pyrrole nitrogens is 1. The van der Waals surface area contributed by atoms with E-state index in [0.717, 1.165) is 30.0 Å². The number of benzene rings is 1. The largest absolute Gasteiger partial charge is 0.393 e. The van der Waals surface area contributed by atoms with Gasteiger partial charge in [-0.15, -0.1) is 0 Å². The van der Waals surface area contributed by atoms with Crippen LogP contribution in [0.4, 0.5) is 0 Å². The standard InChI is InChI=1S/C13H17ClN2O/c1-9(17)4-5-15-7-10-8-16-13-6-11(14)2-3-12(10)13/h2-3,6,8-9,15-17H,4-5,7H2,1H3. The molecule has 3 nitrogen and oxygen atoms in total. The summed E-state index contributed by atoms with van der Waals surface area (Å²) in [6, 6.07) is 5.85. The molecule has 2 rings (SSSR count). The van der Waals surface area contributed by atoms with Gasteiger partial charge in [-0.3, -0.25) is 0 Å². The van der Waals surface area contributed by atoms with Gasteiger partial charge in [0.05, 0.1) is 6.10 Å². The van der Waals surface area contributed by atoms with Crippen molar-refractivity contribution in [1.29, 1.82) is 0 Å². The number of aliphatic hydroxyl groups excluding tert-OH is 1. The quantitative estimate of drug-likeness (QED) is 0.717. The highest BCUT2D eigenvalue weighted by Crippen LogP contribution is 2.21. The molecule has 0 bridgehead atoms. The maximum absolute atomic E-state index is 9.15. The fraction of sp³-hybridized carbons (Fsp3) is 0.385. The number of aromatic nitrogens is 1. The zero-order valence-corrected chi connectivity index (χ0v) is 10.6. The summed E-state index contributed by atoms with van der Waals surface area (Å²) in [7, 11) is 0. The molecule has 1 heterocycles. The summed E-state index contributed by atoms with van der Waals surface area (Å²) in [4.78, 5) is 3.20. The summed E-state index contributed by atoms with van der Waals surface area (Å²) in [6.07, 6.45) is 2.52. The van der Waals surface area contributed by atoms with Gasteiger partial charge in [0.2, 0.25) is 0 Å². The number of aromatic amines is 1. The smallest absolute Gasteiger partial charge is 0.0524 e. The molecule has 17 heavy (non-hydrogen) atoms. The van der Waals surface area contributed by atoms with E-state index in [-0.39, 0.29) is 6.10 Å². The molecule has 0 saturated heterocycles. The zero-order chi connectivity index (χ0) is 12.3. The molecular weight excluding hydrogens is 236 g/mol. The van der Waals surface area contributed by atoms with Gasteiger partial charge in [-0.25, -0.2) is 0 Å². The predicted molar refractivity (Wildman–Crippen MR) is 71.3 cm³/mol. The van der Waals surface area contributed by atoms with Crippen molar-refractivity contribution in [1.82, 2.24) is 10.3 Å². The van der Waals surface area contributed by atoms with Crippen LogP contribution in [0, 0.1) is 0 Å². The molecule has 0 aliphatic heterocycles. The van der Waals surface area contributed by atoms with Crippen molar-refractivity contribution in [2.75, 3.05) is 6.54 Å². The Morgan fingerprint density at radius 2 is 2.29 bits per heavy atom. The number of fused-ring (bicyclic) bond motifs is 1. The second kappa shape index (κ2) is 5.54. The summed E-state index contributed by atoms with van der Waals surface area (Å²) in [5.41, 5.74) is 2.28. The van der Waals surface area contributed by atoms with Crippen LogP contribution < -0.4 is 5.32 Å². The van der Waals surface area contributed by atoms with Crippen molar-refractivity contribution in [2.45, 2.75) is 26.0 Å². The maximum Gasteiger partial charge on any atom is 0.0524 e. The van der Waals surface area contributed by atoms with Gasteiger partial charge >= 0.3 is 0 Å². The number of halogens is 1. The number of nitrogens with one attached hydrogen (secondary N) is 2. The van der Waals surface area contributed by atoms with Crippen LogP contribution in [0.3, 0.4) is 0 Å². The molecule has 0 radical (unpaired) electrons. The van der Waals surface area contributed by atoms with E-state index in [1.807, 2.05) is 24.4 Å². The van der Waals surface area contributed by atoms with Crippen LogP contribution in [0.15, 0.2) is 24.4 Å². The first-order valence-electron chi connectivity index (χ1n) is 5.81. The first kappa shape index (κ1) is 12.4. The number of aliphatic hydroxyl groups is 1. The molecule has 1 aromatic carbocycles. The van der Waals surface area contributed by atoms with E-state index < -0.39 is 0 Å². The van der Waals surface area contributed by atoms with Crippen LogP contribution in [0.1, 0.15) is 18.9 Å². The molecule has 1 atom stereocenters. The van der Waals surface area contributed by atoms with Crippen molar-refractivity contribution >= 4 is 22.5 Å². The fourth-order valence-electron chi connectivity index (χ4n) is 1.84. The molecule has 1 unspecified atom stereocenters. The average Bonchev–Trinajstić information content (AvgIpc) is 2.66. The lowest BCUT2D eigenvalue weighted by Gasteiger charge is -2.05. The SMILES string of the molecule is CC(O)CCNCc1c[nH]c2cc(Cl)ccc12. The number of hydrogen-bond donors (Lipinski definition) is 3. The van der Waals surface area contributed by atoms with Crippen LogP contribution in [0.25, 0.3) is 10.9 Å². The summed E-state index contributed by atoms with van der Waals surface area (Å²) in [6.45, 7) is 3.42. The molecule has 0 aliphatic rings. The topological polar surface area (TPSA) is 48.0 Å². The van der Waals surface area contributed by atoms with Gasteiger partial charge < -0.3 is 15.4 Å². The minimum atomic E-state index is -0.246. The highest BCUT2D eigenvalue weighted by atomic mass is 35.5. The Bertz CT molecular complexity index is 493. The third kappa shape index (κ3) is 3.22. The van der Waals surface area contributed by atoms with Crippen molar-refractivity contribution in [3.05, 3.63) is 35.0 Å². The molecule has 0 spiro atoms. The average molecular weight is 253 g/mol. The van der Waals surface area contributed by atoms with Crippen molar-refractivity contribution < 1.29 is 5.11 Å². The Labute approximate surface area is 106 Å². The zero-order valence-electron chi connectivity index (χ0n) is 9.83.